The molecule has 1 rings (SSSR count). The number of hydrogen-bond donors (Lipinski definition) is 1. The second kappa shape index (κ2) is 4.83. The van der Waals surface area contributed by atoms with Crippen molar-refractivity contribution in [2.45, 2.75) is 0 Å². The summed E-state index contributed by atoms with van der Waals surface area (Å²) in [5, 5.41) is 11.1. The van der Waals surface area contributed by atoms with Crippen LogP contribution in [0, 0.1) is 17.4 Å². The predicted octanol–water partition coefficient (Wildman–Crippen LogP) is 1.14. The molecule has 0 aromatic heterocycles. The maximum absolute atomic E-state index is 11.1. The highest BCUT2D eigenvalue weighted by Crippen LogP contribution is 2.05. The standard InChI is InChI=1S/C11H9N2O/c1-13-11(14)10(8-12)7-9-5-3-2-4-6-9/h2-3,5-7H,1H3,(H,13,14). The third-order valence-electron chi connectivity index (χ3n) is 1.63. The van der Waals surface area contributed by atoms with Crippen LogP contribution in [0.5, 0.6) is 0 Å². The third-order valence-corrected chi connectivity index (χ3v) is 1.63. The first kappa shape index (κ1) is 10.0. The Bertz CT molecular complexity index is 387. The summed E-state index contributed by atoms with van der Waals surface area (Å²) in [7, 11) is 1.49. The Labute approximate surface area is 82.7 Å². The summed E-state index contributed by atoms with van der Waals surface area (Å²) in [6, 6.07) is 11.8. The number of hydrogen-bond acceptors (Lipinski definition) is 2. The van der Waals surface area contributed by atoms with E-state index in [2.05, 4.69) is 11.4 Å². The van der Waals surface area contributed by atoms with Crippen LogP contribution in [0.4, 0.5) is 0 Å². The highest BCUT2D eigenvalue weighted by atomic mass is 16.1. The predicted molar refractivity (Wildman–Crippen MR) is 52.9 cm³/mol. The molecule has 0 saturated carbocycles. The van der Waals surface area contributed by atoms with E-state index in [1.807, 2.05) is 6.07 Å². The molecule has 69 valence electrons. The molecular weight excluding hydrogens is 176 g/mol. The fraction of sp³-hybridized carbons (Fsp3) is 0.0909. The monoisotopic (exact) mass is 185 g/mol. The highest BCUT2D eigenvalue weighted by molar-refractivity contribution is 6.01. The smallest absolute Gasteiger partial charge is 0.261 e. The molecule has 0 aliphatic carbocycles. The van der Waals surface area contributed by atoms with Crippen LogP contribution in [0.15, 0.2) is 29.8 Å². The molecule has 1 aromatic rings. The zero-order chi connectivity index (χ0) is 10.4. The summed E-state index contributed by atoms with van der Waals surface area (Å²) in [4.78, 5) is 11.1. The molecule has 0 aliphatic rings. The number of nitriles is 1. The molecule has 0 aliphatic heterocycles. The van der Waals surface area contributed by atoms with Crippen LogP contribution in [0.1, 0.15) is 5.56 Å². The minimum Gasteiger partial charge on any atom is -0.354 e. The molecule has 0 atom stereocenters. The van der Waals surface area contributed by atoms with Crippen molar-refractivity contribution in [3.05, 3.63) is 41.5 Å². The lowest BCUT2D eigenvalue weighted by atomic mass is 10.1. The second-order valence-corrected chi connectivity index (χ2v) is 2.59. The summed E-state index contributed by atoms with van der Waals surface area (Å²) in [5.41, 5.74) is 0.875. The maximum Gasteiger partial charge on any atom is 0.261 e. The number of carbonyl (C=O) groups excluding carboxylic acids is 1. The number of rotatable bonds is 2. The number of benzene rings is 1. The van der Waals surface area contributed by atoms with Crippen LogP contribution in [0.25, 0.3) is 6.08 Å². The van der Waals surface area contributed by atoms with Crippen molar-refractivity contribution in [1.82, 2.24) is 5.32 Å². The Hall–Kier alpha value is -2.08. The van der Waals surface area contributed by atoms with Crippen molar-refractivity contribution in [3.63, 3.8) is 0 Å². The van der Waals surface area contributed by atoms with Gasteiger partial charge >= 0.3 is 0 Å². The summed E-state index contributed by atoms with van der Waals surface area (Å²) < 4.78 is 0. The average Bonchev–Trinajstić information content (AvgIpc) is 2.26. The summed E-state index contributed by atoms with van der Waals surface area (Å²) in [5.74, 6) is -0.378. The molecule has 3 nitrogen and oxygen atoms in total. The van der Waals surface area contributed by atoms with Crippen molar-refractivity contribution >= 4 is 12.0 Å². The van der Waals surface area contributed by atoms with Crippen LogP contribution in [0.3, 0.4) is 0 Å². The molecule has 1 N–H and O–H groups in total. The van der Waals surface area contributed by atoms with E-state index in [1.54, 1.807) is 24.3 Å². The first-order valence-electron chi connectivity index (χ1n) is 4.08. The van der Waals surface area contributed by atoms with E-state index in [1.165, 1.54) is 13.1 Å². The van der Waals surface area contributed by atoms with E-state index >= 15 is 0 Å². The van der Waals surface area contributed by atoms with Crippen molar-refractivity contribution in [2.24, 2.45) is 0 Å². The fourth-order valence-electron chi connectivity index (χ4n) is 0.947. The summed E-state index contributed by atoms with van der Waals surface area (Å²) in [6.45, 7) is 0. The van der Waals surface area contributed by atoms with Crippen molar-refractivity contribution in [1.29, 1.82) is 5.26 Å². The van der Waals surface area contributed by atoms with Crippen LogP contribution >= 0.6 is 0 Å². The zero-order valence-electron chi connectivity index (χ0n) is 7.74. The normalized spacial score (nSPS) is 10.4. The Kier molecular flexibility index (Phi) is 3.45. The molecule has 14 heavy (non-hydrogen) atoms. The number of likely N-dealkylation sites (N-methyl/N-ethyl adjacent to an activating group) is 1. The first-order valence-corrected chi connectivity index (χ1v) is 4.08. The molecule has 0 heterocycles. The van der Waals surface area contributed by atoms with Crippen LogP contribution < -0.4 is 5.32 Å². The quantitative estimate of drug-likeness (QED) is 0.555. The van der Waals surface area contributed by atoms with E-state index in [4.69, 9.17) is 5.26 Å². The van der Waals surface area contributed by atoms with Gasteiger partial charge in [0.1, 0.15) is 11.6 Å². The molecule has 1 amide bonds. The Balaban J connectivity index is 2.97. The van der Waals surface area contributed by atoms with E-state index in [0.29, 0.717) is 0 Å². The lowest BCUT2D eigenvalue weighted by molar-refractivity contribution is -0.116. The van der Waals surface area contributed by atoms with Gasteiger partial charge in [0.2, 0.25) is 0 Å². The van der Waals surface area contributed by atoms with Crippen LogP contribution in [-0.2, 0) is 4.79 Å². The third kappa shape index (κ3) is 2.46. The largest absolute Gasteiger partial charge is 0.354 e. The lowest BCUT2D eigenvalue weighted by Gasteiger charge is -1.96. The fourth-order valence-corrected chi connectivity index (χ4v) is 0.947. The molecule has 3 heteroatoms. The second-order valence-electron chi connectivity index (χ2n) is 2.59. The summed E-state index contributed by atoms with van der Waals surface area (Å²) in [6.07, 6.45) is 1.52. The molecular formula is C11H9N2O. The lowest BCUT2D eigenvalue weighted by Crippen LogP contribution is -2.19. The Morgan fingerprint density at radius 2 is 2.50 bits per heavy atom. The molecule has 0 bridgehead atoms. The molecule has 1 radical (unpaired) electrons. The highest BCUT2D eigenvalue weighted by Gasteiger charge is 2.04. The molecule has 1 aromatic carbocycles. The van der Waals surface area contributed by atoms with E-state index in [0.717, 1.165) is 5.56 Å². The maximum atomic E-state index is 11.1. The van der Waals surface area contributed by atoms with E-state index < -0.39 is 0 Å². The molecule has 0 unspecified atom stereocenters. The topological polar surface area (TPSA) is 52.9 Å². The van der Waals surface area contributed by atoms with E-state index in [-0.39, 0.29) is 11.5 Å². The number of carbonyl (C=O) groups is 1. The average molecular weight is 185 g/mol. The van der Waals surface area contributed by atoms with Gasteiger partial charge in [-0.2, -0.15) is 5.26 Å². The van der Waals surface area contributed by atoms with Gasteiger partial charge < -0.3 is 5.32 Å². The van der Waals surface area contributed by atoms with Gasteiger partial charge in [-0.05, 0) is 23.8 Å². The zero-order valence-corrected chi connectivity index (χ0v) is 7.74. The molecule has 0 fully saturated rings. The SMILES string of the molecule is CNC(=O)C(C#N)=Cc1c[c]ccc1. The van der Waals surface area contributed by atoms with Crippen LogP contribution in [-0.4, -0.2) is 13.0 Å². The van der Waals surface area contributed by atoms with Gasteiger partial charge in [0, 0.05) is 7.05 Å². The van der Waals surface area contributed by atoms with Gasteiger partial charge in [-0.3, -0.25) is 4.79 Å². The minimum absolute atomic E-state index is 0.0899. The van der Waals surface area contributed by atoms with Gasteiger partial charge in [0.25, 0.3) is 5.91 Å². The number of nitrogens with one attached hydrogen (secondary N) is 1. The molecule has 0 spiro atoms. The molecule has 0 saturated heterocycles. The van der Waals surface area contributed by atoms with E-state index in [9.17, 15) is 4.79 Å². The number of nitrogens with zero attached hydrogens (tertiary/aromatic N) is 1. The number of amides is 1. The van der Waals surface area contributed by atoms with Gasteiger partial charge in [-0.1, -0.05) is 18.2 Å². The van der Waals surface area contributed by atoms with Crippen LogP contribution in [0.2, 0.25) is 0 Å². The van der Waals surface area contributed by atoms with Gasteiger partial charge in [-0.15, -0.1) is 0 Å². The minimum atomic E-state index is -0.378. The Morgan fingerprint density at radius 3 is 3.00 bits per heavy atom. The van der Waals surface area contributed by atoms with Gasteiger partial charge in [-0.25, -0.2) is 0 Å². The van der Waals surface area contributed by atoms with Crippen molar-refractivity contribution in [2.75, 3.05) is 7.05 Å². The summed E-state index contributed by atoms with van der Waals surface area (Å²) >= 11 is 0. The first-order chi connectivity index (χ1) is 6.77. The van der Waals surface area contributed by atoms with Gasteiger partial charge in [0.15, 0.2) is 0 Å². The Morgan fingerprint density at radius 1 is 1.71 bits per heavy atom. The van der Waals surface area contributed by atoms with Gasteiger partial charge in [0.05, 0.1) is 0 Å². The van der Waals surface area contributed by atoms with Crippen molar-refractivity contribution in [3.8, 4) is 6.07 Å². The van der Waals surface area contributed by atoms with Crippen molar-refractivity contribution < 1.29 is 4.79 Å².